The van der Waals surface area contributed by atoms with Gasteiger partial charge in [0.15, 0.2) is 0 Å². The molecule has 0 saturated carbocycles. The molecule has 0 aliphatic carbocycles. The van der Waals surface area contributed by atoms with Crippen molar-refractivity contribution in [2.75, 3.05) is 13.2 Å². The predicted octanol–water partition coefficient (Wildman–Crippen LogP) is 5.99. The summed E-state index contributed by atoms with van der Waals surface area (Å²) >= 11 is 0. The monoisotopic (exact) mass is 490 g/mol. The van der Waals surface area contributed by atoms with Crippen LogP contribution in [-0.2, 0) is 14.3 Å². The molecule has 0 aliphatic heterocycles. The number of ether oxygens (including phenoxy) is 4. The summed E-state index contributed by atoms with van der Waals surface area (Å²) in [5.41, 5.74) is 1.81. The van der Waals surface area contributed by atoms with Gasteiger partial charge in [0.1, 0.15) is 17.3 Å². The van der Waals surface area contributed by atoms with Crippen LogP contribution in [0.2, 0.25) is 0 Å². The standard InChI is InChI=1S/C29H30O7/c1-20(2)8-9-22(5)35-28(31)23-12-16-26(17-13-23)36-29(32)24-10-14-25(15-11-24)33-18-6-7-19-34-27(30)21(3)4/h8-17H,1,3,5-7,18-19H2,2,4H3/b9-8-. The van der Waals surface area contributed by atoms with Gasteiger partial charge in [-0.2, -0.15) is 0 Å². The number of rotatable bonds is 13. The van der Waals surface area contributed by atoms with Crippen molar-refractivity contribution < 1.29 is 33.3 Å². The summed E-state index contributed by atoms with van der Waals surface area (Å²) in [5.74, 6) is -0.443. The maximum Gasteiger partial charge on any atom is 0.343 e. The third-order valence-electron chi connectivity index (χ3n) is 4.56. The molecule has 0 N–H and O–H groups in total. The molecular weight excluding hydrogens is 460 g/mol. The Balaban J connectivity index is 1.78. The molecule has 0 saturated heterocycles. The minimum Gasteiger partial charge on any atom is -0.494 e. The van der Waals surface area contributed by atoms with Crippen molar-refractivity contribution in [3.05, 3.63) is 108 Å². The highest BCUT2D eigenvalue weighted by atomic mass is 16.5. The van der Waals surface area contributed by atoms with Crippen LogP contribution in [0.25, 0.3) is 0 Å². The van der Waals surface area contributed by atoms with Crippen LogP contribution in [0.15, 0.2) is 97.3 Å². The number of carbonyl (C=O) groups is 3. The van der Waals surface area contributed by atoms with Crippen LogP contribution < -0.4 is 9.47 Å². The fraction of sp³-hybridized carbons (Fsp3) is 0.207. The van der Waals surface area contributed by atoms with E-state index in [1.165, 1.54) is 24.3 Å². The lowest BCUT2D eigenvalue weighted by Gasteiger charge is -2.08. The molecule has 0 fully saturated rings. The summed E-state index contributed by atoms with van der Waals surface area (Å²) in [6.45, 7) is 15.1. The van der Waals surface area contributed by atoms with E-state index < -0.39 is 17.9 Å². The zero-order valence-corrected chi connectivity index (χ0v) is 20.6. The average molecular weight is 491 g/mol. The first-order chi connectivity index (χ1) is 17.2. The summed E-state index contributed by atoms with van der Waals surface area (Å²) in [7, 11) is 0. The van der Waals surface area contributed by atoms with Crippen LogP contribution >= 0.6 is 0 Å². The minimum absolute atomic E-state index is 0.190. The summed E-state index contributed by atoms with van der Waals surface area (Å²) in [4.78, 5) is 35.9. The Kier molecular flexibility index (Phi) is 10.9. The van der Waals surface area contributed by atoms with Crippen molar-refractivity contribution in [3.63, 3.8) is 0 Å². The quantitative estimate of drug-likeness (QED) is 0.0851. The van der Waals surface area contributed by atoms with Crippen molar-refractivity contribution in [1.82, 2.24) is 0 Å². The van der Waals surface area contributed by atoms with E-state index in [4.69, 9.17) is 18.9 Å². The number of carbonyl (C=O) groups excluding carboxylic acids is 3. The number of unbranched alkanes of at least 4 members (excludes halogenated alkanes) is 1. The van der Waals surface area contributed by atoms with Crippen molar-refractivity contribution in [2.45, 2.75) is 26.7 Å². The van der Waals surface area contributed by atoms with Crippen LogP contribution in [-0.4, -0.2) is 31.1 Å². The second-order valence-corrected chi connectivity index (χ2v) is 7.95. The van der Waals surface area contributed by atoms with Gasteiger partial charge < -0.3 is 18.9 Å². The molecule has 0 atom stereocenters. The highest BCUT2D eigenvalue weighted by Crippen LogP contribution is 2.18. The van der Waals surface area contributed by atoms with Gasteiger partial charge in [-0.05, 0) is 81.3 Å². The van der Waals surface area contributed by atoms with Crippen molar-refractivity contribution in [3.8, 4) is 11.5 Å². The Morgan fingerprint density at radius 2 is 1.31 bits per heavy atom. The maximum atomic E-state index is 12.4. The van der Waals surface area contributed by atoms with Gasteiger partial charge in [0.05, 0.1) is 24.3 Å². The number of allylic oxidation sites excluding steroid dienone is 3. The summed E-state index contributed by atoms with van der Waals surface area (Å²) in [6.07, 6.45) is 4.61. The lowest BCUT2D eigenvalue weighted by Crippen LogP contribution is -2.09. The predicted molar refractivity (Wildman–Crippen MR) is 137 cm³/mol. The van der Waals surface area contributed by atoms with Gasteiger partial charge in [-0.15, -0.1) is 0 Å². The van der Waals surface area contributed by atoms with Crippen molar-refractivity contribution in [2.24, 2.45) is 0 Å². The average Bonchev–Trinajstić information content (AvgIpc) is 2.85. The largest absolute Gasteiger partial charge is 0.494 e. The lowest BCUT2D eigenvalue weighted by atomic mass is 10.2. The van der Waals surface area contributed by atoms with Crippen LogP contribution in [0, 0.1) is 0 Å². The number of esters is 3. The smallest absolute Gasteiger partial charge is 0.343 e. The zero-order valence-electron chi connectivity index (χ0n) is 20.6. The highest BCUT2D eigenvalue weighted by Gasteiger charge is 2.12. The first-order valence-electron chi connectivity index (χ1n) is 11.3. The Morgan fingerprint density at radius 3 is 1.89 bits per heavy atom. The molecular formula is C29H30O7. The minimum atomic E-state index is -0.576. The van der Waals surface area contributed by atoms with Crippen LogP contribution in [0.4, 0.5) is 0 Å². The van der Waals surface area contributed by atoms with E-state index in [9.17, 15) is 14.4 Å². The van der Waals surface area contributed by atoms with Crippen LogP contribution in [0.3, 0.4) is 0 Å². The van der Waals surface area contributed by atoms with E-state index in [1.807, 2.05) is 6.92 Å². The zero-order chi connectivity index (χ0) is 26.5. The highest BCUT2D eigenvalue weighted by molar-refractivity contribution is 5.92. The summed E-state index contributed by atoms with van der Waals surface area (Å²) in [5, 5.41) is 0. The molecule has 2 aromatic rings. The molecule has 0 aliphatic rings. The van der Waals surface area contributed by atoms with E-state index in [-0.39, 0.29) is 17.1 Å². The molecule has 0 unspecified atom stereocenters. The molecule has 0 bridgehead atoms. The Bertz CT molecular complexity index is 1140. The van der Waals surface area contributed by atoms with Gasteiger partial charge in [-0.25, -0.2) is 14.4 Å². The molecule has 0 radical (unpaired) electrons. The molecule has 2 rings (SSSR count). The second kappa shape index (κ2) is 14.1. The molecule has 36 heavy (non-hydrogen) atoms. The number of benzene rings is 2. The van der Waals surface area contributed by atoms with E-state index >= 15 is 0 Å². The van der Waals surface area contributed by atoms with Crippen molar-refractivity contribution >= 4 is 17.9 Å². The van der Waals surface area contributed by atoms with Crippen LogP contribution in [0.5, 0.6) is 11.5 Å². The Morgan fingerprint density at radius 1 is 0.750 bits per heavy atom. The molecule has 2 aromatic carbocycles. The third kappa shape index (κ3) is 9.85. The molecule has 188 valence electrons. The van der Waals surface area contributed by atoms with Gasteiger partial charge in [0.25, 0.3) is 0 Å². The Labute approximate surface area is 211 Å². The van der Waals surface area contributed by atoms with Gasteiger partial charge in [0, 0.05) is 5.57 Å². The second-order valence-electron chi connectivity index (χ2n) is 7.95. The van der Waals surface area contributed by atoms with Gasteiger partial charge >= 0.3 is 17.9 Å². The van der Waals surface area contributed by atoms with Gasteiger partial charge in [0.2, 0.25) is 0 Å². The fourth-order valence-corrected chi connectivity index (χ4v) is 2.64. The first kappa shape index (κ1) is 27.9. The van der Waals surface area contributed by atoms with Gasteiger partial charge in [-0.1, -0.05) is 31.4 Å². The third-order valence-corrected chi connectivity index (χ3v) is 4.56. The van der Waals surface area contributed by atoms with E-state index in [0.29, 0.717) is 42.9 Å². The maximum absolute atomic E-state index is 12.4. The Hall–Kier alpha value is -4.39. The SMILES string of the molecule is C=C(C)/C=C\C(=C)OC(=O)c1ccc(OC(=O)c2ccc(OCCCCOC(=O)C(=C)C)cc2)cc1. The summed E-state index contributed by atoms with van der Waals surface area (Å²) in [6, 6.07) is 12.6. The molecule has 0 spiro atoms. The molecule has 0 amide bonds. The van der Waals surface area contributed by atoms with Crippen molar-refractivity contribution in [1.29, 1.82) is 0 Å². The summed E-state index contributed by atoms with van der Waals surface area (Å²) < 4.78 is 21.2. The normalized spacial score (nSPS) is 10.4. The first-order valence-corrected chi connectivity index (χ1v) is 11.3. The number of hydrogen-bond donors (Lipinski definition) is 0. The molecule has 0 heterocycles. The van der Waals surface area contributed by atoms with E-state index in [1.54, 1.807) is 43.3 Å². The molecule has 7 nitrogen and oxygen atoms in total. The topological polar surface area (TPSA) is 88.1 Å². The van der Waals surface area contributed by atoms with Gasteiger partial charge in [-0.3, -0.25) is 0 Å². The molecule has 0 aromatic heterocycles. The fourth-order valence-electron chi connectivity index (χ4n) is 2.64. The van der Waals surface area contributed by atoms with E-state index in [2.05, 4.69) is 19.7 Å². The molecule has 7 heteroatoms. The lowest BCUT2D eigenvalue weighted by molar-refractivity contribution is -0.139. The van der Waals surface area contributed by atoms with Crippen LogP contribution in [0.1, 0.15) is 47.4 Å². The number of hydrogen-bond acceptors (Lipinski definition) is 7. The van der Waals surface area contributed by atoms with E-state index in [0.717, 1.165) is 5.57 Å².